The van der Waals surface area contributed by atoms with Crippen LogP contribution in [0, 0.1) is 12.8 Å². The Balaban J connectivity index is 1.37. The summed E-state index contributed by atoms with van der Waals surface area (Å²) in [7, 11) is 0. The van der Waals surface area contributed by atoms with Gasteiger partial charge in [-0.15, -0.1) is 0 Å². The molecule has 1 aliphatic carbocycles. The number of hydrogen-bond acceptors (Lipinski definition) is 3. The van der Waals surface area contributed by atoms with Gasteiger partial charge in [0, 0.05) is 29.3 Å². The van der Waals surface area contributed by atoms with Crippen molar-refractivity contribution < 1.29 is 14.3 Å². The Morgan fingerprint density at radius 1 is 0.935 bits per heavy atom. The van der Waals surface area contributed by atoms with E-state index in [1.807, 2.05) is 49.4 Å². The summed E-state index contributed by atoms with van der Waals surface area (Å²) in [5.74, 6) is 0.607. The van der Waals surface area contributed by atoms with E-state index in [2.05, 4.69) is 22.8 Å². The van der Waals surface area contributed by atoms with Crippen LogP contribution in [0.2, 0.25) is 0 Å². The van der Waals surface area contributed by atoms with Crippen molar-refractivity contribution in [2.24, 2.45) is 5.92 Å². The van der Waals surface area contributed by atoms with Gasteiger partial charge in [-0.25, -0.2) is 0 Å². The molecule has 158 valence electrons. The molecular weight excluding hydrogens is 388 g/mol. The number of amides is 2. The molecule has 3 aromatic rings. The summed E-state index contributed by atoms with van der Waals surface area (Å²) in [5.41, 5.74) is 4.05. The minimum absolute atomic E-state index is 0.0481. The van der Waals surface area contributed by atoms with E-state index >= 15 is 0 Å². The van der Waals surface area contributed by atoms with Gasteiger partial charge in [-0.3, -0.25) is 9.59 Å². The van der Waals surface area contributed by atoms with Gasteiger partial charge in [0.05, 0.1) is 6.61 Å². The maximum Gasteiger partial charge on any atom is 0.255 e. The molecule has 0 heterocycles. The molecule has 1 aliphatic rings. The minimum atomic E-state index is -0.225. The fraction of sp³-hybridized carbons (Fsp3) is 0.231. The number of aryl methyl sites for hydroxylation is 1. The quantitative estimate of drug-likeness (QED) is 0.531. The third-order valence-electron chi connectivity index (χ3n) is 5.30. The van der Waals surface area contributed by atoms with Gasteiger partial charge in [-0.1, -0.05) is 42.5 Å². The molecule has 31 heavy (non-hydrogen) atoms. The predicted octanol–water partition coefficient (Wildman–Crippen LogP) is 5.22. The Labute approximate surface area is 182 Å². The summed E-state index contributed by atoms with van der Waals surface area (Å²) in [6.45, 7) is 2.47. The lowest BCUT2D eigenvalue weighted by Gasteiger charge is -2.12. The summed E-state index contributed by atoms with van der Waals surface area (Å²) in [5, 5.41) is 5.87. The minimum Gasteiger partial charge on any atom is -0.493 e. The smallest absolute Gasteiger partial charge is 0.255 e. The first-order chi connectivity index (χ1) is 15.1. The molecule has 0 saturated heterocycles. The zero-order chi connectivity index (χ0) is 21.6. The molecule has 0 aromatic heterocycles. The van der Waals surface area contributed by atoms with Crippen LogP contribution in [0.3, 0.4) is 0 Å². The van der Waals surface area contributed by atoms with Crippen LogP contribution in [0.4, 0.5) is 11.4 Å². The van der Waals surface area contributed by atoms with Crippen LogP contribution in [0.1, 0.15) is 34.3 Å². The first-order valence-corrected chi connectivity index (χ1v) is 10.6. The molecule has 0 aliphatic heterocycles. The topological polar surface area (TPSA) is 67.4 Å². The summed E-state index contributed by atoms with van der Waals surface area (Å²) >= 11 is 0. The Bertz CT molecular complexity index is 1080. The van der Waals surface area contributed by atoms with Crippen molar-refractivity contribution in [3.05, 3.63) is 89.5 Å². The maximum absolute atomic E-state index is 12.7. The fourth-order valence-corrected chi connectivity index (χ4v) is 3.28. The standard InChI is InChI=1S/C26H26N2O3/c1-18-10-13-22(17-24(18)28-25(29)20-11-12-20)27-26(30)21-8-5-9-23(16-21)31-15-14-19-6-3-2-4-7-19/h2-10,13,16-17,20H,11-12,14-15H2,1H3,(H,27,30)(H,28,29). The highest BCUT2D eigenvalue weighted by Gasteiger charge is 2.29. The first-order valence-electron chi connectivity index (χ1n) is 10.6. The van der Waals surface area contributed by atoms with Crippen LogP contribution < -0.4 is 15.4 Å². The number of hydrogen-bond donors (Lipinski definition) is 2. The molecule has 0 atom stereocenters. The maximum atomic E-state index is 12.7. The Kier molecular flexibility index (Phi) is 6.32. The number of ether oxygens (including phenoxy) is 1. The molecule has 4 rings (SSSR count). The molecule has 3 aromatic carbocycles. The van der Waals surface area contributed by atoms with Crippen LogP contribution in [-0.2, 0) is 11.2 Å². The average Bonchev–Trinajstić information content (AvgIpc) is 3.63. The largest absolute Gasteiger partial charge is 0.493 e. The van der Waals surface area contributed by atoms with Gasteiger partial charge in [0.1, 0.15) is 5.75 Å². The van der Waals surface area contributed by atoms with E-state index in [1.165, 1.54) is 5.56 Å². The number of rotatable bonds is 8. The van der Waals surface area contributed by atoms with Gasteiger partial charge in [0.2, 0.25) is 5.91 Å². The van der Waals surface area contributed by atoms with Crippen molar-refractivity contribution in [1.82, 2.24) is 0 Å². The Hall–Kier alpha value is -3.60. The van der Waals surface area contributed by atoms with Gasteiger partial charge in [0.25, 0.3) is 5.91 Å². The number of benzene rings is 3. The third-order valence-corrected chi connectivity index (χ3v) is 5.30. The molecule has 2 N–H and O–H groups in total. The average molecular weight is 415 g/mol. The van der Waals surface area contributed by atoms with Crippen LogP contribution in [0.25, 0.3) is 0 Å². The summed E-state index contributed by atoms with van der Waals surface area (Å²) in [6.07, 6.45) is 2.70. The molecule has 2 amide bonds. The van der Waals surface area contributed by atoms with Gasteiger partial charge in [0.15, 0.2) is 0 Å². The van der Waals surface area contributed by atoms with Crippen molar-refractivity contribution in [3.63, 3.8) is 0 Å². The van der Waals surface area contributed by atoms with Crippen LogP contribution in [-0.4, -0.2) is 18.4 Å². The highest BCUT2D eigenvalue weighted by molar-refractivity contribution is 6.05. The predicted molar refractivity (Wildman–Crippen MR) is 123 cm³/mol. The van der Waals surface area contributed by atoms with Crippen molar-refractivity contribution in [1.29, 1.82) is 0 Å². The van der Waals surface area contributed by atoms with Gasteiger partial charge >= 0.3 is 0 Å². The molecule has 5 heteroatoms. The van der Waals surface area contributed by atoms with E-state index in [4.69, 9.17) is 4.74 Å². The second kappa shape index (κ2) is 9.47. The highest BCUT2D eigenvalue weighted by atomic mass is 16.5. The lowest BCUT2D eigenvalue weighted by molar-refractivity contribution is -0.117. The van der Waals surface area contributed by atoms with E-state index in [0.29, 0.717) is 23.6 Å². The van der Waals surface area contributed by atoms with Crippen LogP contribution >= 0.6 is 0 Å². The second-order valence-corrected chi connectivity index (χ2v) is 7.86. The second-order valence-electron chi connectivity index (χ2n) is 7.86. The molecule has 0 unspecified atom stereocenters. The van der Waals surface area contributed by atoms with Crippen LogP contribution in [0.15, 0.2) is 72.8 Å². The number of nitrogens with one attached hydrogen (secondary N) is 2. The SMILES string of the molecule is Cc1ccc(NC(=O)c2cccc(OCCc3ccccc3)c2)cc1NC(=O)C1CC1. The molecule has 1 fully saturated rings. The number of carbonyl (C=O) groups is 2. The van der Waals surface area contributed by atoms with E-state index in [0.717, 1.165) is 30.5 Å². The third kappa shape index (κ3) is 5.72. The summed E-state index contributed by atoms with van der Waals surface area (Å²) < 4.78 is 5.83. The van der Waals surface area contributed by atoms with Crippen molar-refractivity contribution >= 4 is 23.2 Å². The normalized spacial score (nSPS) is 12.8. The van der Waals surface area contributed by atoms with Crippen molar-refractivity contribution in [2.45, 2.75) is 26.2 Å². The summed E-state index contributed by atoms with van der Waals surface area (Å²) in [6, 6.07) is 22.8. The first kappa shape index (κ1) is 20.7. The molecular formula is C26H26N2O3. The van der Waals surface area contributed by atoms with E-state index < -0.39 is 0 Å². The van der Waals surface area contributed by atoms with Gasteiger partial charge in [-0.05, 0) is 61.2 Å². The van der Waals surface area contributed by atoms with E-state index in [-0.39, 0.29) is 17.7 Å². The Morgan fingerprint density at radius 3 is 2.52 bits per heavy atom. The fourth-order valence-electron chi connectivity index (χ4n) is 3.28. The van der Waals surface area contributed by atoms with E-state index in [9.17, 15) is 9.59 Å². The van der Waals surface area contributed by atoms with Crippen molar-refractivity contribution in [2.75, 3.05) is 17.2 Å². The van der Waals surface area contributed by atoms with E-state index in [1.54, 1.807) is 18.2 Å². The Morgan fingerprint density at radius 2 is 1.74 bits per heavy atom. The molecule has 5 nitrogen and oxygen atoms in total. The zero-order valence-electron chi connectivity index (χ0n) is 17.6. The molecule has 0 spiro atoms. The number of carbonyl (C=O) groups excluding carboxylic acids is 2. The summed E-state index contributed by atoms with van der Waals surface area (Å²) in [4.78, 5) is 24.8. The molecule has 0 bridgehead atoms. The number of anilines is 2. The van der Waals surface area contributed by atoms with Gasteiger partial charge in [-0.2, -0.15) is 0 Å². The van der Waals surface area contributed by atoms with Crippen molar-refractivity contribution in [3.8, 4) is 5.75 Å². The molecule has 0 radical (unpaired) electrons. The monoisotopic (exact) mass is 414 g/mol. The zero-order valence-corrected chi connectivity index (χ0v) is 17.6. The lowest BCUT2D eigenvalue weighted by Crippen LogP contribution is -2.15. The highest BCUT2D eigenvalue weighted by Crippen LogP contribution is 2.31. The van der Waals surface area contributed by atoms with Crippen LogP contribution in [0.5, 0.6) is 5.75 Å². The van der Waals surface area contributed by atoms with Gasteiger partial charge < -0.3 is 15.4 Å². The molecule has 1 saturated carbocycles. The lowest BCUT2D eigenvalue weighted by atomic mass is 10.1.